The van der Waals surface area contributed by atoms with E-state index in [1.165, 1.54) is 10.4 Å². The Morgan fingerprint density at radius 1 is 1.03 bits per heavy atom. The molecule has 190 valence electrons. The van der Waals surface area contributed by atoms with Crippen LogP contribution in [0.1, 0.15) is 38.8 Å². The molecule has 3 aromatic rings. The normalized spacial score (nSPS) is 14.8. The van der Waals surface area contributed by atoms with Crippen molar-refractivity contribution in [3.05, 3.63) is 81.5 Å². The lowest BCUT2D eigenvalue weighted by atomic mass is 9.93. The molecule has 7 nitrogen and oxygen atoms in total. The topological polar surface area (TPSA) is 68.3 Å². The maximum atomic E-state index is 13.8. The van der Waals surface area contributed by atoms with Crippen LogP contribution < -0.4 is 9.47 Å². The number of hydrogen-bond donors (Lipinski definition) is 0. The Morgan fingerprint density at radius 2 is 1.75 bits per heavy atom. The Labute approximate surface area is 216 Å². The van der Waals surface area contributed by atoms with E-state index < -0.39 is 0 Å². The second-order valence-corrected chi connectivity index (χ2v) is 9.62. The van der Waals surface area contributed by atoms with Gasteiger partial charge in [0.2, 0.25) is 5.91 Å². The van der Waals surface area contributed by atoms with Crippen LogP contribution in [0.3, 0.4) is 0 Å². The number of amides is 2. The van der Waals surface area contributed by atoms with Gasteiger partial charge in [0.05, 0.1) is 20.3 Å². The van der Waals surface area contributed by atoms with Gasteiger partial charge in [-0.3, -0.25) is 9.59 Å². The van der Waals surface area contributed by atoms with E-state index in [4.69, 9.17) is 14.2 Å². The van der Waals surface area contributed by atoms with Crippen molar-refractivity contribution in [2.24, 2.45) is 0 Å². The number of rotatable bonds is 10. The average molecular weight is 509 g/mol. The van der Waals surface area contributed by atoms with Crippen molar-refractivity contribution in [3.8, 4) is 11.5 Å². The third kappa shape index (κ3) is 5.71. The average Bonchev–Trinajstić information content (AvgIpc) is 3.40. The highest BCUT2D eigenvalue weighted by molar-refractivity contribution is 7.10. The summed E-state index contributed by atoms with van der Waals surface area (Å²) in [5.74, 6) is 0.708. The maximum absolute atomic E-state index is 13.8. The Morgan fingerprint density at radius 3 is 2.42 bits per heavy atom. The monoisotopic (exact) mass is 508 g/mol. The van der Waals surface area contributed by atoms with Crippen LogP contribution in [0.5, 0.6) is 11.5 Å². The van der Waals surface area contributed by atoms with Gasteiger partial charge in [0, 0.05) is 43.3 Å². The number of nitrogens with zero attached hydrogens (tertiary/aromatic N) is 2. The lowest BCUT2D eigenvalue weighted by Crippen LogP contribution is -2.47. The fraction of sp³-hybridized carbons (Fsp3) is 0.357. The smallest absolute Gasteiger partial charge is 0.254 e. The molecule has 2 heterocycles. The highest BCUT2D eigenvalue weighted by Crippen LogP contribution is 2.37. The molecule has 1 aromatic heterocycles. The molecule has 1 unspecified atom stereocenters. The number of benzene rings is 2. The Bertz CT molecular complexity index is 1160. The molecule has 1 aliphatic heterocycles. The molecule has 0 saturated heterocycles. The van der Waals surface area contributed by atoms with Crippen LogP contribution in [-0.2, 0) is 16.0 Å². The largest absolute Gasteiger partial charge is 0.497 e. The zero-order valence-corrected chi connectivity index (χ0v) is 21.8. The van der Waals surface area contributed by atoms with Crippen LogP contribution in [0.4, 0.5) is 0 Å². The van der Waals surface area contributed by atoms with Crippen LogP contribution in [0.15, 0.2) is 60.0 Å². The minimum absolute atomic E-state index is 0.0229. The van der Waals surface area contributed by atoms with Crippen molar-refractivity contribution < 1.29 is 23.8 Å². The van der Waals surface area contributed by atoms with Crippen LogP contribution in [0.2, 0.25) is 0 Å². The van der Waals surface area contributed by atoms with Crippen molar-refractivity contribution in [2.75, 3.05) is 47.6 Å². The van der Waals surface area contributed by atoms with E-state index in [-0.39, 0.29) is 24.4 Å². The maximum Gasteiger partial charge on any atom is 0.254 e. The fourth-order valence-corrected chi connectivity index (χ4v) is 5.50. The van der Waals surface area contributed by atoms with E-state index in [0.717, 1.165) is 12.0 Å². The minimum Gasteiger partial charge on any atom is -0.497 e. The minimum atomic E-state index is -0.249. The van der Waals surface area contributed by atoms with Gasteiger partial charge in [-0.25, -0.2) is 0 Å². The van der Waals surface area contributed by atoms with E-state index in [1.54, 1.807) is 55.8 Å². The molecular weight excluding hydrogens is 476 g/mol. The summed E-state index contributed by atoms with van der Waals surface area (Å²) < 4.78 is 15.9. The number of fused-ring (bicyclic) bond motifs is 1. The summed E-state index contributed by atoms with van der Waals surface area (Å²) in [5.41, 5.74) is 2.65. The van der Waals surface area contributed by atoms with E-state index >= 15 is 0 Å². The van der Waals surface area contributed by atoms with Crippen LogP contribution in [0.25, 0.3) is 0 Å². The van der Waals surface area contributed by atoms with Gasteiger partial charge in [-0.2, -0.15) is 0 Å². The molecule has 0 radical (unpaired) electrons. The van der Waals surface area contributed by atoms with E-state index in [1.807, 2.05) is 23.1 Å². The number of methoxy groups -OCH3 is 3. The number of thiophene rings is 1. The second kappa shape index (κ2) is 12.1. The van der Waals surface area contributed by atoms with Gasteiger partial charge in [-0.15, -0.1) is 11.3 Å². The number of carbonyl (C=O) groups is 2. The van der Waals surface area contributed by atoms with Gasteiger partial charge in [-0.1, -0.05) is 30.3 Å². The molecule has 0 bridgehead atoms. The lowest BCUT2D eigenvalue weighted by molar-refractivity contribution is -0.134. The summed E-state index contributed by atoms with van der Waals surface area (Å²) in [6.07, 6.45) is 1.43. The zero-order chi connectivity index (χ0) is 25.5. The Hall–Kier alpha value is -3.36. The van der Waals surface area contributed by atoms with E-state index in [9.17, 15) is 9.59 Å². The number of ether oxygens (including phenoxy) is 3. The highest BCUT2D eigenvalue weighted by Gasteiger charge is 2.34. The van der Waals surface area contributed by atoms with E-state index in [0.29, 0.717) is 43.2 Å². The lowest BCUT2D eigenvalue weighted by Gasteiger charge is -2.37. The third-order valence-corrected chi connectivity index (χ3v) is 7.39. The first-order chi connectivity index (χ1) is 17.5. The van der Waals surface area contributed by atoms with Crippen molar-refractivity contribution in [2.45, 2.75) is 18.9 Å². The first-order valence-corrected chi connectivity index (χ1v) is 12.9. The molecule has 36 heavy (non-hydrogen) atoms. The quantitative estimate of drug-likeness (QED) is 0.379. The molecule has 0 spiro atoms. The van der Waals surface area contributed by atoms with Gasteiger partial charge in [0.15, 0.2) is 0 Å². The summed E-state index contributed by atoms with van der Waals surface area (Å²) >= 11 is 1.73. The molecule has 1 aliphatic rings. The fourth-order valence-electron chi connectivity index (χ4n) is 4.60. The van der Waals surface area contributed by atoms with Crippen LogP contribution in [-0.4, -0.2) is 69.2 Å². The van der Waals surface area contributed by atoms with Crippen molar-refractivity contribution in [1.29, 1.82) is 0 Å². The molecule has 2 aromatic carbocycles. The summed E-state index contributed by atoms with van der Waals surface area (Å²) in [6, 6.07) is 17.1. The van der Waals surface area contributed by atoms with Crippen LogP contribution in [0, 0.1) is 0 Å². The Kier molecular flexibility index (Phi) is 8.61. The Balaban J connectivity index is 1.61. The van der Waals surface area contributed by atoms with Gasteiger partial charge in [-0.05, 0) is 47.5 Å². The molecular formula is C28H32N2O5S. The predicted octanol–water partition coefficient (Wildman–Crippen LogP) is 4.42. The number of carbonyl (C=O) groups excluding carboxylic acids is 2. The predicted molar refractivity (Wildman–Crippen MR) is 140 cm³/mol. The first-order valence-electron chi connectivity index (χ1n) is 12.0. The van der Waals surface area contributed by atoms with Crippen molar-refractivity contribution in [1.82, 2.24) is 9.80 Å². The third-order valence-electron chi connectivity index (χ3n) is 6.39. The SMILES string of the molecule is COCCCN(CC(=O)N1CCc2sccc2C1c1ccccc1)C(=O)c1cc(OC)cc(OC)c1. The van der Waals surface area contributed by atoms with Crippen LogP contribution >= 0.6 is 11.3 Å². The molecule has 0 fully saturated rings. The molecule has 8 heteroatoms. The standard InChI is InChI=1S/C28H32N2O5S/c1-33-14-7-12-29(28(32)21-16-22(34-2)18-23(17-21)35-3)19-26(31)30-13-10-25-24(11-15-36-25)27(30)20-8-5-4-6-9-20/h4-6,8-9,11,15-18,27H,7,10,12-14,19H2,1-3H3. The molecule has 0 aliphatic carbocycles. The summed E-state index contributed by atoms with van der Waals surface area (Å²) in [6.45, 7) is 1.48. The first kappa shape index (κ1) is 25.7. The second-order valence-electron chi connectivity index (χ2n) is 8.62. The zero-order valence-electron chi connectivity index (χ0n) is 20.9. The van der Waals surface area contributed by atoms with E-state index in [2.05, 4.69) is 23.6 Å². The van der Waals surface area contributed by atoms with Crippen molar-refractivity contribution in [3.63, 3.8) is 0 Å². The van der Waals surface area contributed by atoms with Gasteiger partial charge < -0.3 is 24.0 Å². The number of hydrogen-bond acceptors (Lipinski definition) is 6. The van der Waals surface area contributed by atoms with Gasteiger partial charge in [0.1, 0.15) is 18.0 Å². The summed E-state index contributed by atoms with van der Waals surface area (Å²) in [4.78, 5) is 32.2. The molecule has 4 rings (SSSR count). The van der Waals surface area contributed by atoms with Crippen molar-refractivity contribution >= 4 is 23.2 Å². The van der Waals surface area contributed by atoms with Gasteiger partial charge in [0.25, 0.3) is 5.91 Å². The van der Waals surface area contributed by atoms with Gasteiger partial charge >= 0.3 is 0 Å². The summed E-state index contributed by atoms with van der Waals surface area (Å²) in [5, 5.41) is 2.09. The summed E-state index contributed by atoms with van der Waals surface area (Å²) in [7, 11) is 4.71. The molecule has 2 amide bonds. The highest BCUT2D eigenvalue weighted by atomic mass is 32.1. The molecule has 1 atom stereocenters. The molecule has 0 N–H and O–H groups in total. The molecule has 0 saturated carbocycles.